The Hall–Kier alpha value is -7.22. The molecule has 9 aromatic carbocycles. The first-order valence-corrected chi connectivity index (χ1v) is 22.1. The number of benzene rings is 9. The second-order valence-corrected chi connectivity index (χ2v) is 18.8. The minimum Gasteiger partial charge on any atom is -0.310 e. The Labute approximate surface area is 364 Å². The van der Waals surface area contributed by atoms with Gasteiger partial charge < -0.3 is 4.90 Å². The monoisotopic (exact) mass is 791 g/mol. The predicted molar refractivity (Wildman–Crippen MR) is 258 cm³/mol. The fraction of sp³-hybridized carbons (Fsp3) is 0.115. The summed E-state index contributed by atoms with van der Waals surface area (Å²) >= 11 is 0. The Morgan fingerprint density at radius 1 is 0.274 bits per heavy atom. The minimum absolute atomic E-state index is 0.116. The van der Waals surface area contributed by atoms with Crippen LogP contribution in [-0.2, 0) is 16.2 Å². The van der Waals surface area contributed by atoms with Gasteiger partial charge in [-0.25, -0.2) is 0 Å². The van der Waals surface area contributed by atoms with Gasteiger partial charge in [0.25, 0.3) is 0 Å². The maximum Gasteiger partial charge on any atom is 0.0726 e. The van der Waals surface area contributed by atoms with Gasteiger partial charge in [-0.3, -0.25) is 0 Å². The van der Waals surface area contributed by atoms with Gasteiger partial charge in [-0.05, 0) is 137 Å². The van der Waals surface area contributed by atoms with Crippen molar-refractivity contribution >= 4 is 17.1 Å². The van der Waals surface area contributed by atoms with Crippen molar-refractivity contribution in [1.82, 2.24) is 0 Å². The van der Waals surface area contributed by atoms with E-state index in [1.165, 1.54) is 100 Å². The molecule has 0 amide bonds. The Morgan fingerprint density at radius 2 is 0.710 bits per heavy atom. The first kappa shape index (κ1) is 35.5. The minimum atomic E-state index is -0.423. The summed E-state index contributed by atoms with van der Waals surface area (Å²) in [5.74, 6) is 0. The largest absolute Gasteiger partial charge is 0.310 e. The molecule has 9 aromatic rings. The molecule has 0 unspecified atom stereocenters. The number of anilines is 3. The van der Waals surface area contributed by atoms with Crippen LogP contribution in [0.25, 0.3) is 55.6 Å². The molecule has 0 heterocycles. The molecule has 1 spiro atoms. The Morgan fingerprint density at radius 3 is 1.31 bits per heavy atom. The van der Waals surface area contributed by atoms with Crippen molar-refractivity contribution in [3.05, 3.63) is 245 Å². The molecule has 0 fully saturated rings. The molecular weight excluding hydrogens is 747 g/mol. The van der Waals surface area contributed by atoms with Crippen LogP contribution in [0.1, 0.15) is 72.2 Å². The van der Waals surface area contributed by atoms with E-state index in [-0.39, 0.29) is 10.8 Å². The standard InChI is InChI=1S/C61H45N/c1-59(2)48-27-15-14-26-46(48)57-54(59)37-55-58(56(57)38-19-7-5-8-20-38)47-35-40(32-34-49(47)60(55,3)4)62(39-21-9-6-10-22-39)41-31-33-45-44-25-13-18-30-52(44)61(53(45)36-41)50-28-16-11-23-42(50)43-24-12-17-29-51(43)61/h5-37H,1-4H3. The van der Waals surface area contributed by atoms with E-state index in [1.54, 1.807) is 0 Å². The quantitative estimate of drug-likeness (QED) is 0.172. The zero-order valence-corrected chi connectivity index (χ0v) is 35.5. The van der Waals surface area contributed by atoms with E-state index in [2.05, 4.69) is 233 Å². The van der Waals surface area contributed by atoms with Crippen molar-refractivity contribution in [2.75, 3.05) is 4.90 Å². The summed E-state index contributed by atoms with van der Waals surface area (Å²) in [6.45, 7) is 9.67. The number of nitrogens with zero attached hydrogens (tertiary/aromatic N) is 1. The van der Waals surface area contributed by atoms with Crippen LogP contribution in [0.15, 0.2) is 200 Å². The molecule has 0 bridgehead atoms. The molecule has 0 aromatic heterocycles. The zero-order valence-electron chi connectivity index (χ0n) is 35.5. The van der Waals surface area contributed by atoms with Crippen LogP contribution < -0.4 is 4.90 Å². The fourth-order valence-electron chi connectivity index (χ4n) is 12.3. The highest BCUT2D eigenvalue weighted by Crippen LogP contribution is 2.64. The van der Waals surface area contributed by atoms with Crippen LogP contribution >= 0.6 is 0 Å². The average Bonchev–Trinajstić information content (AvgIpc) is 3.94. The molecule has 13 rings (SSSR count). The number of hydrogen-bond donors (Lipinski definition) is 0. The third-order valence-corrected chi connectivity index (χ3v) is 15.1. The van der Waals surface area contributed by atoms with Crippen LogP contribution in [0.4, 0.5) is 17.1 Å². The third-order valence-electron chi connectivity index (χ3n) is 15.1. The van der Waals surface area contributed by atoms with Crippen molar-refractivity contribution in [1.29, 1.82) is 0 Å². The molecule has 0 aliphatic heterocycles. The lowest BCUT2D eigenvalue weighted by Crippen LogP contribution is -2.26. The highest BCUT2D eigenvalue weighted by Gasteiger charge is 2.52. The Bertz CT molecular complexity index is 3290. The first-order valence-electron chi connectivity index (χ1n) is 22.1. The summed E-state index contributed by atoms with van der Waals surface area (Å²) in [4.78, 5) is 2.49. The van der Waals surface area contributed by atoms with Crippen molar-refractivity contribution in [2.24, 2.45) is 0 Å². The average molecular weight is 792 g/mol. The van der Waals surface area contributed by atoms with Gasteiger partial charge in [-0.2, -0.15) is 0 Å². The summed E-state index contributed by atoms with van der Waals surface area (Å²) in [6.07, 6.45) is 0. The molecule has 0 N–H and O–H groups in total. The van der Waals surface area contributed by atoms with Gasteiger partial charge in [0.2, 0.25) is 0 Å². The molecule has 0 saturated heterocycles. The van der Waals surface area contributed by atoms with Gasteiger partial charge in [0.05, 0.1) is 5.41 Å². The maximum absolute atomic E-state index is 2.57. The van der Waals surface area contributed by atoms with Crippen molar-refractivity contribution in [3.63, 3.8) is 0 Å². The Balaban J connectivity index is 1.07. The van der Waals surface area contributed by atoms with Crippen molar-refractivity contribution in [3.8, 4) is 55.6 Å². The van der Waals surface area contributed by atoms with E-state index in [0.29, 0.717) is 0 Å². The predicted octanol–water partition coefficient (Wildman–Crippen LogP) is 15.8. The molecule has 1 heteroatoms. The molecule has 4 aliphatic carbocycles. The summed E-state index contributed by atoms with van der Waals surface area (Å²) in [7, 11) is 0. The lowest BCUT2D eigenvalue weighted by atomic mass is 9.70. The van der Waals surface area contributed by atoms with Crippen molar-refractivity contribution < 1.29 is 0 Å². The van der Waals surface area contributed by atoms with Gasteiger partial charge in [0, 0.05) is 27.9 Å². The normalized spacial score (nSPS) is 15.5. The number of rotatable bonds is 4. The molecule has 62 heavy (non-hydrogen) atoms. The lowest BCUT2D eigenvalue weighted by molar-refractivity contribution is 0.639. The molecule has 294 valence electrons. The lowest BCUT2D eigenvalue weighted by Gasteiger charge is -2.32. The maximum atomic E-state index is 2.57. The number of para-hydroxylation sites is 1. The second kappa shape index (κ2) is 12.4. The summed E-state index contributed by atoms with van der Waals surface area (Å²) in [5, 5.41) is 0. The second-order valence-electron chi connectivity index (χ2n) is 18.8. The topological polar surface area (TPSA) is 3.24 Å². The first-order chi connectivity index (χ1) is 30.3. The van der Waals surface area contributed by atoms with E-state index in [1.807, 2.05) is 0 Å². The third kappa shape index (κ3) is 4.43. The van der Waals surface area contributed by atoms with E-state index in [9.17, 15) is 0 Å². The van der Waals surface area contributed by atoms with Crippen LogP contribution in [-0.4, -0.2) is 0 Å². The smallest absolute Gasteiger partial charge is 0.0726 e. The van der Waals surface area contributed by atoms with Gasteiger partial charge >= 0.3 is 0 Å². The summed E-state index contributed by atoms with van der Waals surface area (Å²) in [6, 6.07) is 75.6. The van der Waals surface area contributed by atoms with Crippen LogP contribution in [0.5, 0.6) is 0 Å². The number of fused-ring (bicyclic) bond motifs is 16. The molecule has 0 atom stereocenters. The van der Waals surface area contributed by atoms with Crippen LogP contribution in [0.2, 0.25) is 0 Å². The fourth-order valence-corrected chi connectivity index (χ4v) is 12.3. The SMILES string of the molecule is CC1(C)c2ccccc2-c2c1cc1c(c2-c2ccccc2)-c2cc(N(c3ccccc3)c3ccc4c(c3)C3(c5ccccc5-c5ccccc53)c3ccccc3-4)ccc2C1(C)C. The molecule has 0 saturated carbocycles. The van der Waals surface area contributed by atoms with Crippen LogP contribution in [0, 0.1) is 0 Å². The molecule has 1 nitrogen and oxygen atoms in total. The number of hydrogen-bond acceptors (Lipinski definition) is 1. The van der Waals surface area contributed by atoms with E-state index in [4.69, 9.17) is 0 Å². The highest BCUT2D eigenvalue weighted by atomic mass is 15.1. The van der Waals surface area contributed by atoms with Gasteiger partial charge in [-0.1, -0.05) is 191 Å². The van der Waals surface area contributed by atoms with Crippen LogP contribution in [0.3, 0.4) is 0 Å². The molecule has 0 radical (unpaired) electrons. The van der Waals surface area contributed by atoms with Crippen molar-refractivity contribution in [2.45, 2.75) is 43.9 Å². The summed E-state index contributed by atoms with van der Waals surface area (Å²) < 4.78 is 0. The van der Waals surface area contributed by atoms with E-state index in [0.717, 1.165) is 17.1 Å². The molecular formula is C61H45N. The van der Waals surface area contributed by atoms with E-state index < -0.39 is 5.41 Å². The highest BCUT2D eigenvalue weighted by molar-refractivity contribution is 6.05. The zero-order chi connectivity index (χ0) is 41.5. The summed E-state index contributed by atoms with van der Waals surface area (Å²) in [5.41, 5.74) is 27.0. The van der Waals surface area contributed by atoms with Gasteiger partial charge in [-0.15, -0.1) is 0 Å². The van der Waals surface area contributed by atoms with E-state index >= 15 is 0 Å². The van der Waals surface area contributed by atoms with Gasteiger partial charge in [0.1, 0.15) is 0 Å². The molecule has 4 aliphatic rings. The van der Waals surface area contributed by atoms with Gasteiger partial charge in [0.15, 0.2) is 0 Å². The Kier molecular flexibility index (Phi) is 7.12.